The quantitative estimate of drug-likeness (QED) is 0.694. The van der Waals surface area contributed by atoms with Gasteiger partial charge in [-0.15, -0.1) is 11.3 Å². The maximum absolute atomic E-state index is 12.1. The first-order chi connectivity index (χ1) is 9.65. The van der Waals surface area contributed by atoms with Crippen LogP contribution in [0.1, 0.15) is 21.7 Å². The second-order valence-electron chi connectivity index (χ2n) is 4.81. The normalized spacial score (nSPS) is 10.9. The lowest BCUT2D eigenvalue weighted by Crippen LogP contribution is -2.24. The van der Waals surface area contributed by atoms with Crippen LogP contribution in [-0.4, -0.2) is 30.8 Å². The predicted molar refractivity (Wildman–Crippen MR) is 88.6 cm³/mol. The molecule has 1 aromatic heterocycles. The Morgan fingerprint density at radius 3 is 2.60 bits per heavy atom. The first-order valence-corrected chi connectivity index (χ1v) is 8.32. The minimum Gasteiger partial charge on any atom is -0.306 e. The fourth-order valence-corrected chi connectivity index (χ4v) is 2.90. The van der Waals surface area contributed by atoms with Gasteiger partial charge in [0.25, 0.3) is 0 Å². The summed E-state index contributed by atoms with van der Waals surface area (Å²) in [4.78, 5) is 15.7. The second kappa shape index (κ2) is 7.72. The first-order valence-electron chi connectivity index (χ1n) is 6.65. The molecule has 1 heterocycles. The molecule has 0 unspecified atom stereocenters. The van der Waals surface area contributed by atoms with Crippen molar-refractivity contribution in [3.8, 4) is 0 Å². The lowest BCUT2D eigenvalue weighted by atomic mass is 10.1. The number of carbonyl (C=O) groups excluding carboxylic acids is 1. The lowest BCUT2D eigenvalue weighted by molar-refractivity contribution is 0.0969. The molecule has 4 heteroatoms. The van der Waals surface area contributed by atoms with Crippen LogP contribution >= 0.6 is 27.3 Å². The maximum Gasteiger partial charge on any atom is 0.164 e. The average Bonchev–Trinajstić information content (AvgIpc) is 2.96. The molecule has 0 amide bonds. The van der Waals surface area contributed by atoms with Gasteiger partial charge in [0.1, 0.15) is 0 Å². The number of thiophene rings is 1. The largest absolute Gasteiger partial charge is 0.306 e. The zero-order chi connectivity index (χ0) is 14.4. The number of nitrogens with zero attached hydrogens (tertiary/aromatic N) is 1. The van der Waals surface area contributed by atoms with E-state index >= 15 is 0 Å². The van der Waals surface area contributed by atoms with Crippen molar-refractivity contribution in [1.82, 2.24) is 4.90 Å². The van der Waals surface area contributed by atoms with Crippen LogP contribution < -0.4 is 0 Å². The van der Waals surface area contributed by atoms with Gasteiger partial charge in [0, 0.05) is 34.4 Å². The van der Waals surface area contributed by atoms with E-state index in [0.717, 1.165) is 29.5 Å². The van der Waals surface area contributed by atoms with Crippen molar-refractivity contribution in [1.29, 1.82) is 0 Å². The van der Waals surface area contributed by atoms with E-state index in [1.165, 1.54) is 4.88 Å². The Morgan fingerprint density at radius 1 is 1.20 bits per heavy atom. The molecule has 0 fully saturated rings. The van der Waals surface area contributed by atoms with Crippen LogP contribution in [0.2, 0.25) is 0 Å². The molecule has 1 aromatic carbocycles. The molecular formula is C16H18BrNOS. The summed E-state index contributed by atoms with van der Waals surface area (Å²) in [5, 5.41) is 2.10. The predicted octanol–water partition coefficient (Wildman–Crippen LogP) is 4.26. The van der Waals surface area contributed by atoms with E-state index in [1.807, 2.05) is 24.3 Å². The maximum atomic E-state index is 12.1. The lowest BCUT2D eigenvalue weighted by Gasteiger charge is -2.15. The minimum atomic E-state index is 0.209. The third-order valence-electron chi connectivity index (χ3n) is 3.21. The summed E-state index contributed by atoms with van der Waals surface area (Å²) in [6, 6.07) is 11.8. The van der Waals surface area contributed by atoms with Crippen LogP contribution in [0.25, 0.3) is 0 Å². The molecule has 0 N–H and O–H groups in total. The molecule has 106 valence electrons. The van der Waals surface area contributed by atoms with Crippen LogP contribution in [-0.2, 0) is 6.42 Å². The number of ketones is 1. The van der Waals surface area contributed by atoms with Gasteiger partial charge in [0.2, 0.25) is 0 Å². The molecule has 0 aliphatic heterocycles. The Kier molecular flexibility index (Phi) is 5.95. The molecule has 0 spiro atoms. The van der Waals surface area contributed by atoms with Gasteiger partial charge in [0.15, 0.2) is 5.78 Å². The van der Waals surface area contributed by atoms with Gasteiger partial charge in [-0.1, -0.05) is 34.1 Å². The highest BCUT2D eigenvalue weighted by Gasteiger charge is 2.07. The second-order valence-corrected chi connectivity index (χ2v) is 6.76. The molecule has 0 radical (unpaired) electrons. The van der Waals surface area contributed by atoms with E-state index in [9.17, 15) is 4.79 Å². The number of hydrogen-bond donors (Lipinski definition) is 0. The summed E-state index contributed by atoms with van der Waals surface area (Å²) >= 11 is 5.17. The van der Waals surface area contributed by atoms with Crippen LogP contribution in [0.4, 0.5) is 0 Å². The van der Waals surface area contributed by atoms with E-state index in [0.29, 0.717) is 6.42 Å². The third-order valence-corrected chi connectivity index (χ3v) is 4.67. The third kappa shape index (κ3) is 4.85. The molecule has 0 aliphatic carbocycles. The fourth-order valence-electron chi connectivity index (χ4n) is 1.94. The van der Waals surface area contributed by atoms with Crippen molar-refractivity contribution in [2.75, 3.05) is 20.1 Å². The number of Topliss-reactive ketones (excluding diaryl/α,β-unsaturated/α-hetero) is 1. The summed E-state index contributed by atoms with van der Waals surface area (Å²) in [6.45, 7) is 1.80. The number of likely N-dealkylation sites (N-methyl/N-ethyl adjacent to an activating group) is 1. The molecule has 0 aliphatic rings. The highest BCUT2D eigenvalue weighted by atomic mass is 79.9. The molecule has 2 rings (SSSR count). The van der Waals surface area contributed by atoms with Crippen molar-refractivity contribution in [2.24, 2.45) is 0 Å². The summed E-state index contributed by atoms with van der Waals surface area (Å²) in [5.74, 6) is 0.209. The molecule has 20 heavy (non-hydrogen) atoms. The van der Waals surface area contributed by atoms with Crippen LogP contribution in [0, 0.1) is 0 Å². The van der Waals surface area contributed by atoms with Crippen molar-refractivity contribution in [3.63, 3.8) is 0 Å². The Balaban J connectivity index is 1.73. The Morgan fingerprint density at radius 2 is 1.95 bits per heavy atom. The molecule has 0 atom stereocenters. The number of benzene rings is 1. The minimum absolute atomic E-state index is 0.209. The Hall–Kier alpha value is -0.970. The first kappa shape index (κ1) is 15.4. The van der Waals surface area contributed by atoms with Crippen molar-refractivity contribution in [3.05, 3.63) is 56.7 Å². The van der Waals surface area contributed by atoms with Gasteiger partial charge in [0.05, 0.1) is 0 Å². The number of carbonyl (C=O) groups is 1. The summed E-state index contributed by atoms with van der Waals surface area (Å²) in [6.07, 6.45) is 1.63. The topological polar surface area (TPSA) is 20.3 Å². The molecule has 0 saturated carbocycles. The average molecular weight is 352 g/mol. The molecule has 0 bridgehead atoms. The fraction of sp³-hybridized carbons (Fsp3) is 0.312. The zero-order valence-corrected chi connectivity index (χ0v) is 13.9. The smallest absolute Gasteiger partial charge is 0.164 e. The van der Waals surface area contributed by atoms with Gasteiger partial charge in [-0.25, -0.2) is 0 Å². The molecule has 2 aromatic rings. The summed E-state index contributed by atoms with van der Waals surface area (Å²) in [7, 11) is 2.07. The Labute approximate surface area is 132 Å². The Bertz CT molecular complexity index is 536. The van der Waals surface area contributed by atoms with Gasteiger partial charge >= 0.3 is 0 Å². The van der Waals surface area contributed by atoms with E-state index in [4.69, 9.17) is 0 Å². The van der Waals surface area contributed by atoms with E-state index in [2.05, 4.69) is 45.4 Å². The van der Waals surface area contributed by atoms with Crippen LogP contribution in [0.3, 0.4) is 0 Å². The van der Waals surface area contributed by atoms with Crippen LogP contribution in [0.15, 0.2) is 46.3 Å². The SMILES string of the molecule is CN(CCC(=O)c1ccc(Br)cc1)CCc1cccs1. The zero-order valence-electron chi connectivity index (χ0n) is 11.5. The van der Waals surface area contributed by atoms with Crippen molar-refractivity contribution >= 4 is 33.0 Å². The van der Waals surface area contributed by atoms with Crippen molar-refractivity contribution in [2.45, 2.75) is 12.8 Å². The van der Waals surface area contributed by atoms with E-state index < -0.39 is 0 Å². The van der Waals surface area contributed by atoms with Crippen molar-refractivity contribution < 1.29 is 4.79 Å². The van der Waals surface area contributed by atoms with Gasteiger partial charge in [-0.2, -0.15) is 0 Å². The van der Waals surface area contributed by atoms with Crippen LogP contribution in [0.5, 0.6) is 0 Å². The van der Waals surface area contributed by atoms with Gasteiger partial charge < -0.3 is 4.90 Å². The number of halogens is 1. The van der Waals surface area contributed by atoms with Gasteiger partial charge in [-0.05, 0) is 37.0 Å². The highest BCUT2D eigenvalue weighted by Crippen LogP contribution is 2.12. The van der Waals surface area contributed by atoms with Gasteiger partial charge in [-0.3, -0.25) is 4.79 Å². The summed E-state index contributed by atoms with van der Waals surface area (Å²) < 4.78 is 1.00. The monoisotopic (exact) mass is 351 g/mol. The molecular weight excluding hydrogens is 334 g/mol. The molecule has 2 nitrogen and oxygen atoms in total. The number of hydrogen-bond acceptors (Lipinski definition) is 3. The van der Waals surface area contributed by atoms with E-state index in [1.54, 1.807) is 11.3 Å². The molecule has 0 saturated heterocycles. The standard InChI is InChI=1S/C16H18BrNOS/c1-18(10-8-15-3-2-12-20-15)11-9-16(19)13-4-6-14(17)7-5-13/h2-7,12H,8-11H2,1H3. The summed E-state index contributed by atoms with van der Waals surface area (Å²) in [5.41, 5.74) is 0.792. The van der Waals surface area contributed by atoms with E-state index in [-0.39, 0.29) is 5.78 Å². The number of rotatable bonds is 7. The highest BCUT2D eigenvalue weighted by molar-refractivity contribution is 9.10.